The Morgan fingerprint density at radius 3 is 2.45 bits per heavy atom. The van der Waals surface area contributed by atoms with Crippen LogP contribution in [0.5, 0.6) is 5.75 Å². The van der Waals surface area contributed by atoms with Crippen LogP contribution in [0.4, 0.5) is 4.39 Å². The summed E-state index contributed by atoms with van der Waals surface area (Å²) in [7, 11) is 1.57. The van der Waals surface area contributed by atoms with E-state index in [2.05, 4.69) is 10.4 Å². The molecule has 0 radical (unpaired) electrons. The van der Waals surface area contributed by atoms with E-state index in [4.69, 9.17) is 9.84 Å². The van der Waals surface area contributed by atoms with Crippen molar-refractivity contribution in [1.29, 1.82) is 0 Å². The van der Waals surface area contributed by atoms with E-state index in [-0.39, 0.29) is 36.9 Å². The van der Waals surface area contributed by atoms with Crippen LogP contribution in [0.15, 0.2) is 48.5 Å². The third kappa shape index (κ3) is 7.62. The first kappa shape index (κ1) is 28.8. The maximum atomic E-state index is 13.6. The van der Waals surface area contributed by atoms with Crippen LogP contribution < -0.4 is 10.1 Å². The third-order valence-corrected chi connectivity index (χ3v) is 6.14. The summed E-state index contributed by atoms with van der Waals surface area (Å²) in [4.78, 5) is 24.2. The Kier molecular flexibility index (Phi) is 9.98. The Hall–Kier alpha value is -3.76. The quantitative estimate of drug-likeness (QED) is 0.267. The number of aliphatic hydroxyl groups excluding tert-OH is 2. The van der Waals surface area contributed by atoms with E-state index in [1.54, 1.807) is 23.9 Å². The van der Waals surface area contributed by atoms with Gasteiger partial charge in [0.1, 0.15) is 11.6 Å². The number of nitrogens with one attached hydrogen (secondary N) is 1. The minimum absolute atomic E-state index is 0.0954. The minimum Gasteiger partial charge on any atom is -0.497 e. The Balaban J connectivity index is 1.90. The number of methoxy groups -OCH3 is 1. The number of benzene rings is 2. The van der Waals surface area contributed by atoms with Crippen molar-refractivity contribution in [3.05, 3.63) is 76.9 Å². The number of hydrogen-bond donors (Lipinski definition) is 4. The third-order valence-electron chi connectivity index (χ3n) is 6.14. The molecule has 0 bridgehead atoms. The zero-order valence-electron chi connectivity index (χ0n) is 21.7. The largest absolute Gasteiger partial charge is 0.497 e. The van der Waals surface area contributed by atoms with Crippen LogP contribution >= 0.6 is 0 Å². The van der Waals surface area contributed by atoms with Crippen molar-refractivity contribution in [2.45, 2.75) is 64.2 Å². The molecule has 0 aliphatic heterocycles. The highest BCUT2D eigenvalue weighted by Gasteiger charge is 2.26. The highest BCUT2D eigenvalue weighted by molar-refractivity contribution is 5.94. The molecule has 204 valence electrons. The summed E-state index contributed by atoms with van der Waals surface area (Å²) < 4.78 is 20.4. The van der Waals surface area contributed by atoms with Crippen molar-refractivity contribution >= 4 is 11.9 Å². The van der Waals surface area contributed by atoms with Gasteiger partial charge in [0, 0.05) is 17.8 Å². The van der Waals surface area contributed by atoms with Crippen molar-refractivity contribution in [2.24, 2.45) is 0 Å². The highest BCUT2D eigenvalue weighted by atomic mass is 19.1. The zero-order chi connectivity index (χ0) is 27.8. The minimum atomic E-state index is -1.17. The fraction of sp³-hybridized carbons (Fsp3) is 0.393. The molecule has 3 aromatic rings. The molecule has 10 heteroatoms. The fourth-order valence-corrected chi connectivity index (χ4v) is 4.34. The number of aliphatic hydroxyl groups is 2. The molecule has 4 N–H and O–H groups in total. The molecule has 1 aromatic heterocycles. The van der Waals surface area contributed by atoms with Crippen LogP contribution in [-0.2, 0) is 17.8 Å². The van der Waals surface area contributed by atoms with E-state index in [0.29, 0.717) is 29.1 Å². The average Bonchev–Trinajstić information content (AvgIpc) is 3.26. The molecule has 2 unspecified atom stereocenters. The van der Waals surface area contributed by atoms with E-state index in [1.807, 2.05) is 38.1 Å². The lowest BCUT2D eigenvalue weighted by Gasteiger charge is -2.16. The van der Waals surface area contributed by atoms with Gasteiger partial charge < -0.3 is 25.4 Å². The molecule has 3 rings (SSSR count). The van der Waals surface area contributed by atoms with Gasteiger partial charge in [0.25, 0.3) is 5.91 Å². The summed E-state index contributed by atoms with van der Waals surface area (Å²) in [6.07, 6.45) is -2.20. The predicted octanol–water partition coefficient (Wildman–Crippen LogP) is 3.59. The number of ether oxygens (including phenoxy) is 1. The van der Waals surface area contributed by atoms with E-state index in [1.165, 1.54) is 12.1 Å². The van der Waals surface area contributed by atoms with Crippen molar-refractivity contribution < 1.29 is 34.0 Å². The van der Waals surface area contributed by atoms with E-state index in [0.717, 1.165) is 5.56 Å². The number of carbonyl (C=O) groups is 2. The van der Waals surface area contributed by atoms with Gasteiger partial charge in [-0.25, -0.2) is 9.07 Å². The van der Waals surface area contributed by atoms with Crippen LogP contribution in [0.1, 0.15) is 66.3 Å². The van der Waals surface area contributed by atoms with Crippen LogP contribution in [0.25, 0.3) is 5.69 Å². The molecule has 2 atom stereocenters. The monoisotopic (exact) mass is 527 g/mol. The van der Waals surface area contributed by atoms with E-state index >= 15 is 0 Å². The number of carbonyl (C=O) groups excluding carboxylic acids is 1. The molecular formula is C28H34FN3O6. The first-order chi connectivity index (χ1) is 18.1. The van der Waals surface area contributed by atoms with Gasteiger partial charge in [-0.05, 0) is 67.1 Å². The Bertz CT molecular complexity index is 1240. The molecule has 0 spiro atoms. The summed E-state index contributed by atoms with van der Waals surface area (Å²) in [5, 5.41) is 36.7. The molecule has 0 saturated carbocycles. The molecule has 0 fully saturated rings. The van der Waals surface area contributed by atoms with Crippen LogP contribution in [0, 0.1) is 5.82 Å². The number of aliphatic carboxylic acids is 1. The van der Waals surface area contributed by atoms with Crippen molar-refractivity contribution in [1.82, 2.24) is 15.1 Å². The van der Waals surface area contributed by atoms with Gasteiger partial charge in [-0.15, -0.1) is 0 Å². The second kappa shape index (κ2) is 13.2. The van der Waals surface area contributed by atoms with Gasteiger partial charge in [-0.3, -0.25) is 9.59 Å². The number of carboxylic acids is 1. The summed E-state index contributed by atoms with van der Waals surface area (Å²) in [5.74, 6) is -1.37. The summed E-state index contributed by atoms with van der Waals surface area (Å²) >= 11 is 0. The van der Waals surface area contributed by atoms with Crippen LogP contribution in [-0.4, -0.2) is 56.3 Å². The number of halogens is 1. The molecular weight excluding hydrogens is 493 g/mol. The molecule has 1 amide bonds. The second-order valence-corrected chi connectivity index (χ2v) is 9.47. The summed E-state index contributed by atoms with van der Waals surface area (Å²) in [6, 6.07) is 13.1. The summed E-state index contributed by atoms with van der Waals surface area (Å²) in [5.41, 5.74) is 2.99. The number of hydrogen-bond acceptors (Lipinski definition) is 6. The average molecular weight is 528 g/mol. The normalized spacial score (nSPS) is 12.8. The van der Waals surface area contributed by atoms with Crippen LogP contribution in [0.2, 0.25) is 0 Å². The lowest BCUT2D eigenvalue weighted by atomic mass is 9.95. The predicted molar refractivity (Wildman–Crippen MR) is 139 cm³/mol. The van der Waals surface area contributed by atoms with Gasteiger partial charge in [-0.1, -0.05) is 26.0 Å². The molecule has 0 aliphatic carbocycles. The van der Waals surface area contributed by atoms with Crippen molar-refractivity contribution in [2.75, 3.05) is 7.11 Å². The summed E-state index contributed by atoms with van der Waals surface area (Å²) in [6.45, 7) is 4.12. The first-order valence-corrected chi connectivity index (χ1v) is 12.5. The number of aromatic nitrogens is 2. The molecule has 0 aliphatic rings. The highest BCUT2D eigenvalue weighted by Crippen LogP contribution is 2.28. The van der Waals surface area contributed by atoms with E-state index < -0.39 is 30.4 Å². The van der Waals surface area contributed by atoms with Gasteiger partial charge in [0.05, 0.1) is 31.4 Å². The number of carboxylic acid groups (broad SMARTS) is 1. The first-order valence-electron chi connectivity index (χ1n) is 12.5. The number of rotatable bonds is 13. The smallest absolute Gasteiger partial charge is 0.305 e. The maximum Gasteiger partial charge on any atom is 0.305 e. The SMILES string of the molecule is COc1cccc(CNC(=O)c2nn(-c3ccc(F)cc3)c(CCC(O)CC(O)CC(=O)O)c2C(C)C)c1. The van der Waals surface area contributed by atoms with Gasteiger partial charge in [-0.2, -0.15) is 5.10 Å². The molecule has 9 nitrogen and oxygen atoms in total. The number of nitrogens with zero attached hydrogens (tertiary/aromatic N) is 2. The van der Waals surface area contributed by atoms with Gasteiger partial charge >= 0.3 is 5.97 Å². The van der Waals surface area contributed by atoms with E-state index in [9.17, 15) is 24.2 Å². The fourth-order valence-electron chi connectivity index (χ4n) is 4.34. The second-order valence-electron chi connectivity index (χ2n) is 9.47. The molecule has 38 heavy (non-hydrogen) atoms. The molecule has 2 aromatic carbocycles. The topological polar surface area (TPSA) is 134 Å². The lowest BCUT2D eigenvalue weighted by Crippen LogP contribution is -2.24. The Morgan fingerprint density at radius 2 is 1.82 bits per heavy atom. The lowest BCUT2D eigenvalue weighted by molar-refractivity contribution is -0.139. The molecule has 0 saturated heterocycles. The Labute approximate surface area is 220 Å². The van der Waals surface area contributed by atoms with Crippen LogP contribution in [0.3, 0.4) is 0 Å². The van der Waals surface area contributed by atoms with Gasteiger partial charge in [0.15, 0.2) is 5.69 Å². The molecule has 1 heterocycles. The zero-order valence-corrected chi connectivity index (χ0v) is 21.7. The van der Waals surface area contributed by atoms with Crippen molar-refractivity contribution in [3.8, 4) is 11.4 Å². The maximum absolute atomic E-state index is 13.6. The Morgan fingerprint density at radius 1 is 1.11 bits per heavy atom. The standard InChI is InChI=1S/C28H34FN3O6/c1-17(2)26-24(12-11-21(33)14-22(34)15-25(35)36)32(20-9-7-19(29)8-10-20)31-27(26)28(37)30-16-18-5-4-6-23(13-18)38-3/h4-10,13,17,21-22,33-34H,11-12,14-16H2,1-3H3,(H,30,37)(H,35,36). The number of amides is 1. The van der Waals surface area contributed by atoms with Gasteiger partial charge in [0.2, 0.25) is 0 Å². The van der Waals surface area contributed by atoms with Crippen molar-refractivity contribution in [3.63, 3.8) is 0 Å².